The minimum absolute atomic E-state index is 0.853. The van der Waals surface area contributed by atoms with E-state index in [1.165, 1.54) is 39.1 Å². The maximum Gasteiger partial charge on any atom is 0.0738 e. The summed E-state index contributed by atoms with van der Waals surface area (Å²) in [6.45, 7) is 7.93. The number of likely N-dealkylation sites (N-methyl/N-ethyl adjacent to an activating group) is 1. The van der Waals surface area contributed by atoms with E-state index in [2.05, 4.69) is 32.5 Å². The Labute approximate surface area is 109 Å². The molecule has 0 radical (unpaired) electrons. The van der Waals surface area contributed by atoms with Gasteiger partial charge in [0.05, 0.1) is 11.9 Å². The highest BCUT2D eigenvalue weighted by molar-refractivity contribution is 4.91. The lowest BCUT2D eigenvalue weighted by molar-refractivity contribution is 0.152. The van der Waals surface area contributed by atoms with Crippen LogP contribution in [0.2, 0.25) is 0 Å². The van der Waals surface area contributed by atoms with Crippen LogP contribution in [0.4, 0.5) is 0 Å². The zero-order chi connectivity index (χ0) is 12.8. The van der Waals surface area contributed by atoms with E-state index in [0.717, 1.165) is 18.8 Å². The molecule has 1 N–H and O–H groups in total. The molecule has 1 aromatic heterocycles. The second-order valence-corrected chi connectivity index (χ2v) is 5.02. The molecule has 6 heteroatoms. The van der Waals surface area contributed by atoms with Crippen molar-refractivity contribution >= 4 is 0 Å². The van der Waals surface area contributed by atoms with Crippen molar-refractivity contribution in [3.63, 3.8) is 0 Å². The minimum Gasteiger partial charge on any atom is -0.311 e. The lowest BCUT2D eigenvalue weighted by Crippen LogP contribution is -2.45. The third kappa shape index (κ3) is 4.04. The number of aryl methyl sites for hydroxylation is 1. The maximum atomic E-state index is 3.91. The van der Waals surface area contributed by atoms with Gasteiger partial charge in [0.15, 0.2) is 0 Å². The van der Waals surface area contributed by atoms with Crippen molar-refractivity contribution in [3.05, 3.63) is 11.9 Å². The first-order valence-electron chi connectivity index (χ1n) is 6.71. The molecule has 2 heterocycles. The molecular formula is C12H24N6. The van der Waals surface area contributed by atoms with E-state index in [9.17, 15) is 0 Å². The Kier molecular flexibility index (Phi) is 5.10. The first-order chi connectivity index (χ1) is 8.75. The van der Waals surface area contributed by atoms with Gasteiger partial charge in [0, 0.05) is 39.8 Å². The van der Waals surface area contributed by atoms with Crippen LogP contribution in [-0.2, 0) is 13.6 Å². The Morgan fingerprint density at radius 2 is 2.00 bits per heavy atom. The largest absolute Gasteiger partial charge is 0.311 e. The predicted octanol–water partition coefficient (Wildman–Crippen LogP) is -0.458. The van der Waals surface area contributed by atoms with Crippen molar-refractivity contribution in [1.29, 1.82) is 0 Å². The third-order valence-corrected chi connectivity index (χ3v) is 3.54. The molecule has 6 nitrogen and oxygen atoms in total. The zero-order valence-corrected chi connectivity index (χ0v) is 11.5. The summed E-state index contributed by atoms with van der Waals surface area (Å²) in [5, 5.41) is 11.2. The normalized spacial score (nSPS) is 18.3. The van der Waals surface area contributed by atoms with Gasteiger partial charge in [-0.2, -0.15) is 0 Å². The van der Waals surface area contributed by atoms with E-state index >= 15 is 0 Å². The Morgan fingerprint density at radius 3 is 2.67 bits per heavy atom. The topological polar surface area (TPSA) is 49.2 Å². The van der Waals surface area contributed by atoms with Crippen LogP contribution in [0.1, 0.15) is 12.1 Å². The molecular weight excluding hydrogens is 228 g/mol. The van der Waals surface area contributed by atoms with Gasteiger partial charge in [-0.25, -0.2) is 0 Å². The summed E-state index contributed by atoms with van der Waals surface area (Å²) in [4.78, 5) is 4.94. The number of nitrogens with zero attached hydrogens (tertiary/aromatic N) is 5. The second-order valence-electron chi connectivity index (χ2n) is 5.02. The molecule has 1 aliphatic heterocycles. The lowest BCUT2D eigenvalue weighted by atomic mass is 10.3. The maximum absolute atomic E-state index is 3.91. The van der Waals surface area contributed by atoms with Crippen LogP contribution >= 0.6 is 0 Å². The summed E-state index contributed by atoms with van der Waals surface area (Å²) in [7, 11) is 4.12. The van der Waals surface area contributed by atoms with Crippen LogP contribution in [-0.4, -0.2) is 71.1 Å². The molecule has 1 fully saturated rings. The van der Waals surface area contributed by atoms with Crippen molar-refractivity contribution < 1.29 is 0 Å². The van der Waals surface area contributed by atoms with Crippen LogP contribution in [0.3, 0.4) is 0 Å². The van der Waals surface area contributed by atoms with Crippen LogP contribution in [0, 0.1) is 0 Å². The third-order valence-electron chi connectivity index (χ3n) is 3.54. The monoisotopic (exact) mass is 252 g/mol. The first-order valence-corrected chi connectivity index (χ1v) is 6.71. The first kappa shape index (κ1) is 13.5. The minimum atomic E-state index is 0.853. The number of aromatic nitrogens is 3. The molecule has 0 bridgehead atoms. The van der Waals surface area contributed by atoms with Gasteiger partial charge in [-0.1, -0.05) is 5.21 Å². The number of hydrogen-bond donors (Lipinski definition) is 1. The second kappa shape index (κ2) is 6.82. The van der Waals surface area contributed by atoms with Gasteiger partial charge >= 0.3 is 0 Å². The molecule has 0 unspecified atom stereocenters. The Hall–Kier alpha value is -0.980. The summed E-state index contributed by atoms with van der Waals surface area (Å²) in [6.07, 6.45) is 3.02. The molecule has 0 aromatic carbocycles. The van der Waals surface area contributed by atoms with E-state index in [-0.39, 0.29) is 0 Å². The predicted molar refractivity (Wildman–Crippen MR) is 71.3 cm³/mol. The van der Waals surface area contributed by atoms with Crippen LogP contribution in [0.5, 0.6) is 0 Å². The summed E-state index contributed by atoms with van der Waals surface area (Å²) in [5.41, 5.74) is 1.13. The molecule has 18 heavy (non-hydrogen) atoms. The molecule has 1 aromatic rings. The quantitative estimate of drug-likeness (QED) is 0.695. The van der Waals surface area contributed by atoms with Crippen molar-refractivity contribution in [2.75, 3.05) is 46.3 Å². The summed E-state index contributed by atoms with van der Waals surface area (Å²) < 4.78 is 1.81. The smallest absolute Gasteiger partial charge is 0.0738 e. The molecule has 0 saturated carbocycles. The molecule has 102 valence electrons. The van der Waals surface area contributed by atoms with Crippen molar-refractivity contribution in [2.45, 2.75) is 13.0 Å². The average molecular weight is 252 g/mol. The highest BCUT2D eigenvalue weighted by atomic mass is 15.4. The van der Waals surface area contributed by atoms with E-state index in [1.807, 2.05) is 17.9 Å². The van der Waals surface area contributed by atoms with Crippen LogP contribution < -0.4 is 5.32 Å². The fraction of sp³-hybridized carbons (Fsp3) is 0.833. The molecule has 0 spiro atoms. The Morgan fingerprint density at radius 1 is 1.22 bits per heavy atom. The van der Waals surface area contributed by atoms with Gasteiger partial charge < -0.3 is 15.1 Å². The lowest BCUT2D eigenvalue weighted by Gasteiger charge is -2.32. The Bertz CT molecular complexity index is 342. The summed E-state index contributed by atoms with van der Waals surface area (Å²) in [6, 6.07) is 0. The van der Waals surface area contributed by atoms with Gasteiger partial charge in [0.1, 0.15) is 0 Å². The molecule has 0 atom stereocenters. The standard InChI is InChI=1S/C12H24N6/c1-16-6-8-18(9-7-16)5-3-4-13-10-12-11-14-15-17(12)2/h11,13H,3-10H2,1-2H3. The number of nitrogens with one attached hydrogen (secondary N) is 1. The molecule has 1 aliphatic rings. The van der Waals surface area contributed by atoms with Crippen molar-refractivity contribution in [1.82, 2.24) is 30.1 Å². The molecule has 2 rings (SSSR count). The average Bonchev–Trinajstić information content (AvgIpc) is 2.77. The number of rotatable bonds is 6. The van der Waals surface area contributed by atoms with Crippen molar-refractivity contribution in [3.8, 4) is 0 Å². The van der Waals surface area contributed by atoms with Crippen molar-refractivity contribution in [2.24, 2.45) is 7.05 Å². The summed E-state index contributed by atoms with van der Waals surface area (Å²) in [5.74, 6) is 0. The number of piperazine rings is 1. The van der Waals surface area contributed by atoms with E-state index in [0.29, 0.717) is 0 Å². The highest BCUT2D eigenvalue weighted by Gasteiger charge is 2.12. The highest BCUT2D eigenvalue weighted by Crippen LogP contribution is 1.99. The fourth-order valence-corrected chi connectivity index (χ4v) is 2.19. The SMILES string of the molecule is CN1CCN(CCCNCc2cnnn2C)CC1. The van der Waals surface area contributed by atoms with E-state index in [1.54, 1.807) is 0 Å². The van der Waals surface area contributed by atoms with E-state index in [4.69, 9.17) is 0 Å². The number of hydrogen-bond acceptors (Lipinski definition) is 5. The van der Waals surface area contributed by atoms with Gasteiger partial charge in [0.25, 0.3) is 0 Å². The van der Waals surface area contributed by atoms with Gasteiger partial charge in [0.2, 0.25) is 0 Å². The Balaban J connectivity index is 1.53. The zero-order valence-electron chi connectivity index (χ0n) is 11.5. The molecule has 0 amide bonds. The summed E-state index contributed by atoms with van der Waals surface area (Å²) >= 11 is 0. The van der Waals surface area contributed by atoms with Gasteiger partial charge in [-0.3, -0.25) is 4.68 Å². The van der Waals surface area contributed by atoms with Gasteiger partial charge in [-0.05, 0) is 26.6 Å². The van der Waals surface area contributed by atoms with Crippen LogP contribution in [0.25, 0.3) is 0 Å². The molecule has 0 aliphatic carbocycles. The van der Waals surface area contributed by atoms with Crippen LogP contribution in [0.15, 0.2) is 6.20 Å². The fourth-order valence-electron chi connectivity index (χ4n) is 2.19. The van der Waals surface area contributed by atoms with E-state index < -0.39 is 0 Å². The molecule has 1 saturated heterocycles. The van der Waals surface area contributed by atoms with Gasteiger partial charge in [-0.15, -0.1) is 5.10 Å².